The number of aromatic nitrogens is 1. The standard InChI is InChI=1S/C14H13ClFN3O/c1-19(2)13-7-9(6-12(15)18-13)14(20)17-11-5-3-4-10(16)8-11/h3-8H,1-2H3,(H,17,20). The van der Waals surface area contributed by atoms with Gasteiger partial charge in [0.2, 0.25) is 0 Å². The first-order valence-corrected chi connectivity index (χ1v) is 6.25. The third-order valence-electron chi connectivity index (χ3n) is 2.58. The lowest BCUT2D eigenvalue weighted by Crippen LogP contribution is -2.15. The highest BCUT2D eigenvalue weighted by Crippen LogP contribution is 2.18. The van der Waals surface area contributed by atoms with Crippen molar-refractivity contribution >= 4 is 29.0 Å². The molecule has 0 aliphatic carbocycles. The Kier molecular flexibility index (Phi) is 4.20. The minimum Gasteiger partial charge on any atom is -0.363 e. The average Bonchev–Trinajstić information content (AvgIpc) is 2.37. The highest BCUT2D eigenvalue weighted by molar-refractivity contribution is 6.30. The zero-order chi connectivity index (χ0) is 14.7. The number of benzene rings is 1. The minimum absolute atomic E-state index is 0.223. The molecule has 6 heteroatoms. The van der Waals surface area contributed by atoms with Crippen LogP contribution in [0.4, 0.5) is 15.9 Å². The third-order valence-corrected chi connectivity index (χ3v) is 2.78. The van der Waals surface area contributed by atoms with Crippen molar-refractivity contribution in [1.29, 1.82) is 0 Å². The number of anilines is 2. The molecule has 0 aliphatic heterocycles. The molecule has 1 aromatic carbocycles. The molecule has 1 heterocycles. The number of halogens is 2. The van der Waals surface area contributed by atoms with E-state index in [4.69, 9.17) is 11.6 Å². The van der Waals surface area contributed by atoms with Gasteiger partial charge in [-0.3, -0.25) is 4.79 Å². The zero-order valence-electron chi connectivity index (χ0n) is 11.0. The number of pyridine rings is 1. The fourth-order valence-corrected chi connectivity index (χ4v) is 1.82. The molecule has 0 saturated heterocycles. The van der Waals surface area contributed by atoms with Crippen molar-refractivity contribution in [3.63, 3.8) is 0 Å². The summed E-state index contributed by atoms with van der Waals surface area (Å²) in [5, 5.41) is 2.83. The first kappa shape index (κ1) is 14.3. The largest absolute Gasteiger partial charge is 0.363 e. The van der Waals surface area contributed by atoms with Crippen LogP contribution in [-0.4, -0.2) is 25.0 Å². The summed E-state index contributed by atoms with van der Waals surface area (Å²) < 4.78 is 13.1. The molecule has 104 valence electrons. The number of carbonyl (C=O) groups is 1. The average molecular weight is 294 g/mol. The van der Waals surface area contributed by atoms with Gasteiger partial charge in [0.05, 0.1) is 0 Å². The molecule has 2 rings (SSSR count). The molecule has 0 atom stereocenters. The van der Waals surface area contributed by atoms with Gasteiger partial charge in [-0.25, -0.2) is 9.37 Å². The van der Waals surface area contributed by atoms with E-state index >= 15 is 0 Å². The smallest absolute Gasteiger partial charge is 0.255 e. The minimum atomic E-state index is -0.412. The van der Waals surface area contributed by atoms with Gasteiger partial charge in [0.25, 0.3) is 5.91 Å². The van der Waals surface area contributed by atoms with E-state index in [1.165, 1.54) is 24.3 Å². The van der Waals surface area contributed by atoms with Gasteiger partial charge in [-0.1, -0.05) is 17.7 Å². The monoisotopic (exact) mass is 293 g/mol. The normalized spacial score (nSPS) is 10.2. The van der Waals surface area contributed by atoms with Crippen molar-refractivity contribution in [3.05, 3.63) is 52.9 Å². The molecule has 0 saturated carbocycles. The van der Waals surface area contributed by atoms with E-state index in [-0.39, 0.29) is 11.1 Å². The number of nitrogens with zero attached hydrogens (tertiary/aromatic N) is 2. The van der Waals surface area contributed by atoms with Gasteiger partial charge in [-0.2, -0.15) is 0 Å². The van der Waals surface area contributed by atoms with Crippen molar-refractivity contribution in [2.45, 2.75) is 0 Å². The van der Waals surface area contributed by atoms with E-state index in [0.29, 0.717) is 17.1 Å². The van der Waals surface area contributed by atoms with E-state index < -0.39 is 5.82 Å². The first-order valence-electron chi connectivity index (χ1n) is 5.87. The summed E-state index contributed by atoms with van der Waals surface area (Å²) in [5.41, 5.74) is 0.743. The second-order valence-corrected chi connectivity index (χ2v) is 4.78. The van der Waals surface area contributed by atoms with Crippen LogP contribution in [0.1, 0.15) is 10.4 Å². The van der Waals surface area contributed by atoms with Gasteiger partial charge in [0.15, 0.2) is 0 Å². The second-order valence-electron chi connectivity index (χ2n) is 4.40. The van der Waals surface area contributed by atoms with E-state index in [9.17, 15) is 9.18 Å². The molecule has 1 N–H and O–H groups in total. The summed E-state index contributed by atoms with van der Waals surface area (Å²) in [6.07, 6.45) is 0. The summed E-state index contributed by atoms with van der Waals surface area (Å²) >= 11 is 5.89. The SMILES string of the molecule is CN(C)c1cc(C(=O)Nc2cccc(F)c2)cc(Cl)n1. The molecule has 0 radical (unpaired) electrons. The van der Waals surface area contributed by atoms with E-state index in [1.54, 1.807) is 31.1 Å². The van der Waals surface area contributed by atoms with Crippen LogP contribution in [0.25, 0.3) is 0 Å². The van der Waals surface area contributed by atoms with E-state index in [0.717, 1.165) is 0 Å². The molecule has 0 bridgehead atoms. The summed E-state index contributed by atoms with van der Waals surface area (Å²) in [7, 11) is 3.60. The molecule has 0 fully saturated rings. The van der Waals surface area contributed by atoms with Crippen LogP contribution >= 0.6 is 11.6 Å². The second kappa shape index (κ2) is 5.88. The first-order chi connectivity index (χ1) is 9.45. The van der Waals surface area contributed by atoms with Crippen LogP contribution in [-0.2, 0) is 0 Å². The summed E-state index contributed by atoms with van der Waals surface area (Å²) in [6, 6.07) is 8.76. The maximum atomic E-state index is 13.1. The topological polar surface area (TPSA) is 45.2 Å². The molecule has 0 unspecified atom stereocenters. The van der Waals surface area contributed by atoms with Gasteiger partial charge in [-0.05, 0) is 30.3 Å². The molecule has 0 aliphatic rings. The number of hydrogen-bond acceptors (Lipinski definition) is 3. The molecule has 4 nitrogen and oxygen atoms in total. The van der Waals surface area contributed by atoms with Crippen LogP contribution in [0.15, 0.2) is 36.4 Å². The van der Waals surface area contributed by atoms with Crippen molar-refractivity contribution in [3.8, 4) is 0 Å². The summed E-state index contributed by atoms with van der Waals surface area (Å²) in [5.74, 6) is -0.213. The lowest BCUT2D eigenvalue weighted by molar-refractivity contribution is 0.102. The van der Waals surface area contributed by atoms with E-state index in [2.05, 4.69) is 10.3 Å². The van der Waals surface area contributed by atoms with Gasteiger partial charge < -0.3 is 10.2 Å². The number of hydrogen-bond donors (Lipinski definition) is 1. The van der Waals surface area contributed by atoms with Gasteiger partial charge >= 0.3 is 0 Å². The van der Waals surface area contributed by atoms with Crippen LogP contribution in [0.2, 0.25) is 5.15 Å². The highest BCUT2D eigenvalue weighted by Gasteiger charge is 2.11. The van der Waals surface area contributed by atoms with Crippen molar-refractivity contribution in [2.24, 2.45) is 0 Å². The molecule has 2 aromatic rings. The summed E-state index contributed by atoms with van der Waals surface area (Å²) in [6.45, 7) is 0. The fourth-order valence-electron chi connectivity index (χ4n) is 1.61. The lowest BCUT2D eigenvalue weighted by atomic mass is 10.2. The summed E-state index contributed by atoms with van der Waals surface area (Å²) in [4.78, 5) is 17.9. The van der Waals surface area contributed by atoms with Gasteiger partial charge in [0, 0.05) is 25.3 Å². The molecule has 1 aromatic heterocycles. The predicted octanol–water partition coefficient (Wildman–Crippen LogP) is 3.19. The Balaban J connectivity index is 2.25. The molecule has 20 heavy (non-hydrogen) atoms. The maximum Gasteiger partial charge on any atom is 0.255 e. The van der Waals surface area contributed by atoms with Crippen LogP contribution < -0.4 is 10.2 Å². The van der Waals surface area contributed by atoms with Crippen molar-refractivity contribution in [2.75, 3.05) is 24.3 Å². The predicted molar refractivity (Wildman–Crippen MR) is 77.9 cm³/mol. The Labute approximate surface area is 121 Å². The number of carbonyl (C=O) groups excluding carboxylic acids is 1. The molecule has 1 amide bonds. The Hall–Kier alpha value is -2.14. The quantitative estimate of drug-likeness (QED) is 0.884. The number of nitrogens with one attached hydrogen (secondary N) is 1. The Morgan fingerprint density at radius 1 is 1.30 bits per heavy atom. The molecule has 0 spiro atoms. The van der Waals surface area contributed by atoms with Crippen molar-refractivity contribution < 1.29 is 9.18 Å². The van der Waals surface area contributed by atoms with Crippen LogP contribution in [0, 0.1) is 5.82 Å². The fraction of sp³-hybridized carbons (Fsp3) is 0.143. The highest BCUT2D eigenvalue weighted by atomic mass is 35.5. The Morgan fingerprint density at radius 3 is 2.70 bits per heavy atom. The number of rotatable bonds is 3. The molecular formula is C14H13ClFN3O. The lowest BCUT2D eigenvalue weighted by Gasteiger charge is -2.13. The Morgan fingerprint density at radius 2 is 2.05 bits per heavy atom. The van der Waals surface area contributed by atoms with Gasteiger partial charge in [0.1, 0.15) is 16.8 Å². The zero-order valence-corrected chi connectivity index (χ0v) is 11.8. The van der Waals surface area contributed by atoms with Gasteiger partial charge in [-0.15, -0.1) is 0 Å². The Bertz CT molecular complexity index is 646. The van der Waals surface area contributed by atoms with Crippen molar-refractivity contribution in [1.82, 2.24) is 4.98 Å². The molecular weight excluding hydrogens is 281 g/mol. The van der Waals surface area contributed by atoms with Crippen LogP contribution in [0.3, 0.4) is 0 Å². The maximum absolute atomic E-state index is 13.1. The van der Waals surface area contributed by atoms with E-state index in [1.807, 2.05) is 0 Å². The van der Waals surface area contributed by atoms with Crippen LogP contribution in [0.5, 0.6) is 0 Å². The third kappa shape index (κ3) is 3.45. The number of amides is 1.